The molecule has 3 N–H and O–H groups in total. The lowest BCUT2D eigenvalue weighted by Gasteiger charge is -2.15. The Balaban J connectivity index is 2.14. The summed E-state index contributed by atoms with van der Waals surface area (Å²) < 4.78 is 0. The molecule has 2 aromatic carbocycles. The second-order valence-electron chi connectivity index (χ2n) is 5.01. The largest absolute Gasteiger partial charge is 0.387 e. The summed E-state index contributed by atoms with van der Waals surface area (Å²) in [5.74, 6) is 0.0167. The summed E-state index contributed by atoms with van der Waals surface area (Å²) >= 11 is 17.6. The minimum Gasteiger partial charge on any atom is -0.387 e. The van der Waals surface area contributed by atoms with Crippen LogP contribution in [0.3, 0.4) is 0 Å². The van der Waals surface area contributed by atoms with E-state index in [-0.39, 0.29) is 11.0 Å². The van der Waals surface area contributed by atoms with Crippen molar-refractivity contribution in [2.45, 2.75) is 12.8 Å². The van der Waals surface area contributed by atoms with Crippen molar-refractivity contribution in [3.63, 3.8) is 0 Å². The lowest BCUT2D eigenvalue weighted by molar-refractivity contribution is 1.01. The molecule has 24 heavy (non-hydrogen) atoms. The Hall–Kier alpha value is -2.13. The Morgan fingerprint density at radius 1 is 1.21 bits per heavy atom. The average molecular weight is 377 g/mol. The third-order valence-electron chi connectivity index (χ3n) is 3.37. The lowest BCUT2D eigenvalue weighted by atomic mass is 10.00. The van der Waals surface area contributed by atoms with Crippen LogP contribution in [0.5, 0.6) is 0 Å². The van der Waals surface area contributed by atoms with Crippen LogP contribution in [0.25, 0.3) is 0 Å². The van der Waals surface area contributed by atoms with E-state index in [0.717, 1.165) is 5.69 Å². The van der Waals surface area contributed by atoms with Crippen molar-refractivity contribution in [2.24, 2.45) is 10.7 Å². The van der Waals surface area contributed by atoms with Crippen LogP contribution in [-0.4, -0.2) is 10.9 Å². The highest BCUT2D eigenvalue weighted by Crippen LogP contribution is 2.31. The number of rotatable bonds is 3. The normalized spacial score (nSPS) is 12.3. The number of anilines is 1. The van der Waals surface area contributed by atoms with Gasteiger partial charge in [-0.15, -0.1) is 0 Å². The maximum Gasteiger partial charge on any atom is 0.198 e. The first kappa shape index (κ1) is 18.2. The van der Waals surface area contributed by atoms with E-state index >= 15 is 0 Å². The molecule has 0 saturated carbocycles. The van der Waals surface area contributed by atoms with Gasteiger partial charge in [0.25, 0.3) is 0 Å². The van der Waals surface area contributed by atoms with Crippen LogP contribution in [0, 0.1) is 11.3 Å². The molecule has 7 heteroatoms. The fourth-order valence-corrected chi connectivity index (χ4v) is 3.01. The first-order valence-electron chi connectivity index (χ1n) is 7.01. The molecule has 0 fully saturated rings. The standard InChI is InChI=1S/C17H14Cl2N4S/c1-10(15-13(18)3-2-4-14(15)19)16(21)23-17(24)22-12-7-5-11(9-20)6-8-12/h2-8,10H,1H3,(H3,21,22,23,24). The molecule has 2 aromatic rings. The number of nitriles is 1. The molecule has 0 aromatic heterocycles. The van der Waals surface area contributed by atoms with Crippen molar-refractivity contribution < 1.29 is 0 Å². The van der Waals surface area contributed by atoms with E-state index in [1.165, 1.54) is 0 Å². The van der Waals surface area contributed by atoms with E-state index in [9.17, 15) is 0 Å². The fraction of sp³-hybridized carbons (Fsp3) is 0.118. The van der Waals surface area contributed by atoms with Gasteiger partial charge in [0.15, 0.2) is 5.11 Å². The van der Waals surface area contributed by atoms with Gasteiger partial charge in [-0.3, -0.25) is 0 Å². The smallest absolute Gasteiger partial charge is 0.198 e. The molecule has 0 aliphatic heterocycles. The molecule has 0 saturated heterocycles. The average Bonchev–Trinajstić information content (AvgIpc) is 2.55. The Labute approximate surface area is 155 Å². The van der Waals surface area contributed by atoms with Crippen LogP contribution < -0.4 is 11.1 Å². The molecule has 1 atom stereocenters. The van der Waals surface area contributed by atoms with E-state index in [1.54, 1.807) is 42.5 Å². The predicted molar refractivity (Wildman–Crippen MR) is 104 cm³/mol. The molecule has 2 rings (SSSR count). The van der Waals surface area contributed by atoms with Gasteiger partial charge in [-0.1, -0.05) is 36.2 Å². The molecule has 0 aliphatic rings. The summed E-state index contributed by atoms with van der Waals surface area (Å²) in [7, 11) is 0. The number of halogens is 2. The number of nitrogens with one attached hydrogen (secondary N) is 1. The number of aliphatic imine (C=N–C) groups is 1. The minimum absolute atomic E-state index is 0.215. The van der Waals surface area contributed by atoms with E-state index < -0.39 is 0 Å². The summed E-state index contributed by atoms with van der Waals surface area (Å²) in [5, 5.41) is 13.0. The van der Waals surface area contributed by atoms with Gasteiger partial charge in [-0.25, -0.2) is 4.99 Å². The Morgan fingerprint density at radius 2 is 1.79 bits per heavy atom. The van der Waals surface area contributed by atoms with Gasteiger partial charge < -0.3 is 11.1 Å². The summed E-state index contributed by atoms with van der Waals surface area (Å²) in [6.45, 7) is 1.86. The van der Waals surface area contributed by atoms with Gasteiger partial charge in [0.2, 0.25) is 0 Å². The first-order chi connectivity index (χ1) is 11.4. The van der Waals surface area contributed by atoms with Gasteiger partial charge in [0.05, 0.1) is 11.6 Å². The molecule has 0 spiro atoms. The third-order valence-corrected chi connectivity index (χ3v) is 4.22. The molecule has 0 amide bonds. The van der Waals surface area contributed by atoms with Crippen molar-refractivity contribution >= 4 is 52.1 Å². The zero-order valence-electron chi connectivity index (χ0n) is 12.8. The highest BCUT2D eigenvalue weighted by Gasteiger charge is 2.17. The van der Waals surface area contributed by atoms with Gasteiger partial charge in [-0.05, 0) is 54.2 Å². The number of hydrogen-bond donors (Lipinski definition) is 2. The second-order valence-corrected chi connectivity index (χ2v) is 6.21. The van der Waals surface area contributed by atoms with Crippen LogP contribution in [0.2, 0.25) is 10.0 Å². The van der Waals surface area contributed by atoms with Gasteiger partial charge in [-0.2, -0.15) is 5.26 Å². The van der Waals surface area contributed by atoms with Crippen LogP contribution in [-0.2, 0) is 0 Å². The van der Waals surface area contributed by atoms with Crippen molar-refractivity contribution in [1.82, 2.24) is 0 Å². The van der Waals surface area contributed by atoms with Crippen LogP contribution in [0.15, 0.2) is 47.5 Å². The molecule has 4 nitrogen and oxygen atoms in total. The molecule has 122 valence electrons. The number of thiocarbonyl (C=S) groups is 1. The maximum absolute atomic E-state index is 8.79. The lowest BCUT2D eigenvalue weighted by Crippen LogP contribution is -2.23. The highest BCUT2D eigenvalue weighted by molar-refractivity contribution is 7.80. The Bertz CT molecular complexity index is 805. The highest BCUT2D eigenvalue weighted by atomic mass is 35.5. The van der Waals surface area contributed by atoms with E-state index in [1.807, 2.05) is 6.92 Å². The van der Waals surface area contributed by atoms with Crippen molar-refractivity contribution in [2.75, 3.05) is 5.32 Å². The van der Waals surface area contributed by atoms with Crippen molar-refractivity contribution in [3.05, 3.63) is 63.6 Å². The number of nitrogens with two attached hydrogens (primary N) is 1. The summed E-state index contributed by atoms with van der Waals surface area (Å²) in [5.41, 5.74) is 8.05. The Morgan fingerprint density at radius 3 is 2.33 bits per heavy atom. The zero-order chi connectivity index (χ0) is 17.7. The van der Waals surface area contributed by atoms with Gasteiger partial charge >= 0.3 is 0 Å². The summed E-state index contributed by atoms with van der Waals surface area (Å²) in [6, 6.07) is 14.2. The monoisotopic (exact) mass is 376 g/mol. The fourth-order valence-electron chi connectivity index (χ4n) is 2.07. The molecular weight excluding hydrogens is 363 g/mol. The number of nitrogens with zero attached hydrogens (tertiary/aromatic N) is 2. The zero-order valence-corrected chi connectivity index (χ0v) is 15.1. The van der Waals surface area contributed by atoms with Crippen LogP contribution in [0.4, 0.5) is 5.69 Å². The summed E-state index contributed by atoms with van der Waals surface area (Å²) in [4.78, 5) is 4.21. The van der Waals surface area contributed by atoms with Crippen LogP contribution >= 0.6 is 35.4 Å². The molecule has 0 bridgehead atoms. The van der Waals surface area contributed by atoms with E-state index in [2.05, 4.69) is 16.4 Å². The SMILES string of the molecule is CC(C(N)=NC(=S)Nc1ccc(C#N)cc1)c1c(Cl)cccc1Cl. The van der Waals surface area contributed by atoms with E-state index in [0.29, 0.717) is 27.0 Å². The topological polar surface area (TPSA) is 74.2 Å². The molecule has 0 aliphatic carbocycles. The molecule has 1 unspecified atom stereocenters. The summed E-state index contributed by atoms with van der Waals surface area (Å²) in [6.07, 6.45) is 0. The van der Waals surface area contributed by atoms with Crippen LogP contribution in [0.1, 0.15) is 24.0 Å². The molecule has 0 radical (unpaired) electrons. The predicted octanol–water partition coefficient (Wildman–Crippen LogP) is 4.72. The van der Waals surface area contributed by atoms with E-state index in [4.69, 9.17) is 46.4 Å². The first-order valence-corrected chi connectivity index (χ1v) is 8.18. The third kappa shape index (κ3) is 4.45. The molecular formula is C17H14Cl2N4S. The van der Waals surface area contributed by atoms with Crippen molar-refractivity contribution in [1.29, 1.82) is 5.26 Å². The maximum atomic E-state index is 8.79. The minimum atomic E-state index is -0.285. The van der Waals surface area contributed by atoms with Gasteiger partial charge in [0.1, 0.15) is 5.84 Å². The Kier molecular flexibility index (Phi) is 6.16. The quantitative estimate of drug-likeness (QED) is 0.461. The van der Waals surface area contributed by atoms with Gasteiger partial charge in [0, 0.05) is 21.7 Å². The number of benzene rings is 2. The number of hydrogen-bond acceptors (Lipinski definition) is 2. The molecule has 0 heterocycles. The van der Waals surface area contributed by atoms with Crippen molar-refractivity contribution in [3.8, 4) is 6.07 Å². The second kappa shape index (κ2) is 8.11. The number of amidine groups is 1.